The van der Waals surface area contributed by atoms with Gasteiger partial charge in [0.1, 0.15) is 0 Å². The number of aromatic nitrogens is 2. The molecule has 0 amide bonds. The summed E-state index contributed by atoms with van der Waals surface area (Å²) in [6.45, 7) is 5.80. The number of ether oxygens (including phenoxy) is 1. The largest absolute Gasteiger partial charge is 0.478 e. The van der Waals surface area contributed by atoms with Crippen molar-refractivity contribution in [1.29, 1.82) is 0 Å². The molecule has 1 aromatic rings. The highest BCUT2D eigenvalue weighted by Crippen LogP contribution is 2.24. The van der Waals surface area contributed by atoms with E-state index in [0.29, 0.717) is 18.5 Å². The zero-order valence-corrected chi connectivity index (χ0v) is 11.9. The second kappa shape index (κ2) is 6.70. The van der Waals surface area contributed by atoms with Crippen LogP contribution in [0, 0.1) is 0 Å². The predicted octanol–water partition coefficient (Wildman–Crippen LogP) is 1.97. The van der Waals surface area contributed by atoms with Gasteiger partial charge in [0.2, 0.25) is 11.8 Å². The van der Waals surface area contributed by atoms with E-state index in [-0.39, 0.29) is 6.04 Å². The molecule has 2 atom stereocenters. The topological polar surface area (TPSA) is 64.3 Å². The molecule has 0 radical (unpaired) electrons. The molecule has 2 rings (SSSR count). The standard InChI is InChI=1S/C14H24N4O/c1-3-10-19-13-7-8-16-14(17-13)18-9-5-4-6-12(18)11(2)15/h7-8,11-12H,3-6,9-10,15H2,1-2H3. The molecule has 19 heavy (non-hydrogen) atoms. The maximum absolute atomic E-state index is 6.08. The lowest BCUT2D eigenvalue weighted by Gasteiger charge is -2.38. The average Bonchev–Trinajstić information content (AvgIpc) is 2.45. The van der Waals surface area contributed by atoms with E-state index in [4.69, 9.17) is 10.5 Å². The lowest BCUT2D eigenvalue weighted by molar-refractivity contribution is 0.303. The van der Waals surface area contributed by atoms with Crippen LogP contribution in [-0.4, -0.2) is 35.2 Å². The average molecular weight is 264 g/mol. The van der Waals surface area contributed by atoms with Crippen molar-refractivity contribution in [3.63, 3.8) is 0 Å². The van der Waals surface area contributed by atoms with Crippen molar-refractivity contribution in [3.8, 4) is 5.88 Å². The van der Waals surface area contributed by atoms with Crippen LogP contribution in [0.1, 0.15) is 39.5 Å². The van der Waals surface area contributed by atoms with E-state index >= 15 is 0 Å². The first kappa shape index (κ1) is 14.1. The molecule has 0 aromatic carbocycles. The van der Waals surface area contributed by atoms with Gasteiger partial charge in [-0.2, -0.15) is 4.98 Å². The molecule has 2 heterocycles. The Kier molecular flexibility index (Phi) is 4.96. The number of nitrogens with two attached hydrogens (primary N) is 1. The van der Waals surface area contributed by atoms with Crippen LogP contribution in [0.4, 0.5) is 5.95 Å². The number of piperidine rings is 1. The minimum absolute atomic E-state index is 0.129. The molecule has 5 nitrogen and oxygen atoms in total. The summed E-state index contributed by atoms with van der Waals surface area (Å²) >= 11 is 0. The SMILES string of the molecule is CCCOc1ccnc(N2CCCCC2C(C)N)n1. The molecule has 2 N–H and O–H groups in total. The van der Waals surface area contributed by atoms with Gasteiger partial charge in [-0.05, 0) is 32.6 Å². The van der Waals surface area contributed by atoms with Gasteiger partial charge in [-0.15, -0.1) is 0 Å². The monoisotopic (exact) mass is 264 g/mol. The van der Waals surface area contributed by atoms with Crippen LogP contribution in [0.25, 0.3) is 0 Å². The number of hydrogen-bond donors (Lipinski definition) is 1. The van der Waals surface area contributed by atoms with Crippen molar-refractivity contribution in [2.24, 2.45) is 5.73 Å². The second-order valence-corrected chi connectivity index (χ2v) is 5.16. The normalized spacial score (nSPS) is 21.2. The van der Waals surface area contributed by atoms with Crippen LogP contribution in [0.3, 0.4) is 0 Å². The van der Waals surface area contributed by atoms with Gasteiger partial charge >= 0.3 is 0 Å². The first-order valence-electron chi connectivity index (χ1n) is 7.20. The zero-order chi connectivity index (χ0) is 13.7. The maximum Gasteiger partial charge on any atom is 0.228 e. The third-order valence-electron chi connectivity index (χ3n) is 3.48. The van der Waals surface area contributed by atoms with E-state index in [1.807, 2.05) is 6.07 Å². The second-order valence-electron chi connectivity index (χ2n) is 5.16. The van der Waals surface area contributed by atoms with Gasteiger partial charge in [-0.3, -0.25) is 0 Å². The third-order valence-corrected chi connectivity index (χ3v) is 3.48. The molecule has 106 valence electrons. The first-order chi connectivity index (χ1) is 9.22. The highest BCUT2D eigenvalue weighted by atomic mass is 16.5. The van der Waals surface area contributed by atoms with Crippen molar-refractivity contribution in [2.75, 3.05) is 18.1 Å². The van der Waals surface area contributed by atoms with E-state index in [9.17, 15) is 0 Å². The van der Waals surface area contributed by atoms with E-state index in [1.54, 1.807) is 6.20 Å². The van der Waals surface area contributed by atoms with Gasteiger partial charge in [-0.25, -0.2) is 4.98 Å². The van der Waals surface area contributed by atoms with Crippen molar-refractivity contribution in [2.45, 2.75) is 51.6 Å². The Balaban J connectivity index is 2.14. The van der Waals surface area contributed by atoms with E-state index < -0.39 is 0 Å². The molecule has 1 aromatic heterocycles. The first-order valence-corrected chi connectivity index (χ1v) is 7.20. The lowest BCUT2D eigenvalue weighted by atomic mass is 9.97. The fourth-order valence-corrected chi connectivity index (χ4v) is 2.51. The molecular formula is C14H24N4O. The van der Waals surface area contributed by atoms with Crippen molar-refractivity contribution >= 4 is 5.95 Å². The van der Waals surface area contributed by atoms with Crippen molar-refractivity contribution in [3.05, 3.63) is 12.3 Å². The van der Waals surface area contributed by atoms with Gasteiger partial charge in [0.05, 0.1) is 6.61 Å². The number of anilines is 1. The third kappa shape index (κ3) is 3.56. The highest BCUT2D eigenvalue weighted by Gasteiger charge is 2.27. The molecule has 0 aliphatic carbocycles. The van der Waals surface area contributed by atoms with Gasteiger partial charge in [0, 0.05) is 30.9 Å². The Morgan fingerprint density at radius 2 is 2.37 bits per heavy atom. The minimum Gasteiger partial charge on any atom is -0.478 e. The summed E-state index contributed by atoms with van der Waals surface area (Å²) in [4.78, 5) is 11.1. The van der Waals surface area contributed by atoms with E-state index in [2.05, 4.69) is 28.7 Å². The van der Waals surface area contributed by atoms with Crippen LogP contribution < -0.4 is 15.4 Å². The molecule has 5 heteroatoms. The highest BCUT2D eigenvalue weighted by molar-refractivity contribution is 5.35. The van der Waals surface area contributed by atoms with Crippen LogP contribution in [0.5, 0.6) is 5.88 Å². The van der Waals surface area contributed by atoms with Gasteiger partial charge in [0.25, 0.3) is 0 Å². The smallest absolute Gasteiger partial charge is 0.228 e. The quantitative estimate of drug-likeness (QED) is 0.881. The molecule has 1 aliphatic heterocycles. The molecule has 0 spiro atoms. The lowest BCUT2D eigenvalue weighted by Crippen LogP contribution is -2.50. The van der Waals surface area contributed by atoms with Gasteiger partial charge in [-0.1, -0.05) is 6.92 Å². The molecule has 1 fully saturated rings. The summed E-state index contributed by atoms with van der Waals surface area (Å²) in [5, 5.41) is 0. The summed E-state index contributed by atoms with van der Waals surface area (Å²) < 4.78 is 5.57. The maximum atomic E-state index is 6.08. The zero-order valence-electron chi connectivity index (χ0n) is 11.9. The summed E-state index contributed by atoms with van der Waals surface area (Å²) in [7, 11) is 0. The molecule has 0 bridgehead atoms. The predicted molar refractivity (Wildman–Crippen MR) is 76.5 cm³/mol. The fraction of sp³-hybridized carbons (Fsp3) is 0.714. The van der Waals surface area contributed by atoms with Crippen LogP contribution >= 0.6 is 0 Å². The summed E-state index contributed by atoms with van der Waals surface area (Å²) in [5.41, 5.74) is 6.08. The molecule has 2 unspecified atom stereocenters. The molecule has 0 saturated carbocycles. The van der Waals surface area contributed by atoms with Crippen LogP contribution in [0.15, 0.2) is 12.3 Å². The molecular weight excluding hydrogens is 240 g/mol. The number of hydrogen-bond acceptors (Lipinski definition) is 5. The Hall–Kier alpha value is -1.36. The van der Waals surface area contributed by atoms with E-state index in [0.717, 1.165) is 25.3 Å². The van der Waals surface area contributed by atoms with Crippen LogP contribution in [-0.2, 0) is 0 Å². The Morgan fingerprint density at radius 1 is 1.53 bits per heavy atom. The summed E-state index contributed by atoms with van der Waals surface area (Å²) in [6, 6.07) is 2.27. The molecule has 1 saturated heterocycles. The van der Waals surface area contributed by atoms with Gasteiger partial charge < -0.3 is 15.4 Å². The fourth-order valence-electron chi connectivity index (χ4n) is 2.51. The Labute approximate surface area is 115 Å². The molecule has 1 aliphatic rings. The number of nitrogens with zero attached hydrogens (tertiary/aromatic N) is 3. The van der Waals surface area contributed by atoms with Gasteiger partial charge in [0.15, 0.2) is 0 Å². The summed E-state index contributed by atoms with van der Waals surface area (Å²) in [5.74, 6) is 1.40. The Bertz CT molecular complexity index is 397. The van der Waals surface area contributed by atoms with E-state index in [1.165, 1.54) is 12.8 Å². The van der Waals surface area contributed by atoms with Crippen molar-refractivity contribution in [1.82, 2.24) is 9.97 Å². The van der Waals surface area contributed by atoms with Crippen molar-refractivity contribution < 1.29 is 4.74 Å². The minimum atomic E-state index is 0.129. The Morgan fingerprint density at radius 3 is 3.11 bits per heavy atom. The van der Waals surface area contributed by atoms with Crippen LogP contribution in [0.2, 0.25) is 0 Å². The number of rotatable bonds is 5. The summed E-state index contributed by atoms with van der Waals surface area (Å²) in [6.07, 6.45) is 6.26.